The molecule has 1 aromatic heterocycles. The van der Waals surface area contributed by atoms with Gasteiger partial charge in [0.05, 0.1) is 5.56 Å². The molecule has 4 heterocycles. The minimum Gasteiger partial charge on any atom is -0.372 e. The van der Waals surface area contributed by atoms with Gasteiger partial charge in [0.25, 0.3) is 5.91 Å². The summed E-state index contributed by atoms with van der Waals surface area (Å²) in [6, 6.07) is 20.2. The Bertz CT molecular complexity index is 1530. The van der Waals surface area contributed by atoms with Gasteiger partial charge in [-0.2, -0.15) is 8.42 Å². The normalized spacial score (nSPS) is 17.6. The van der Waals surface area contributed by atoms with Crippen LogP contribution in [0.25, 0.3) is 0 Å². The second-order valence-electron chi connectivity index (χ2n) is 13.0. The maximum Gasteiger partial charge on any atom is 0.335 e. The molecule has 10 heteroatoms. The molecule has 3 aliphatic heterocycles. The third-order valence-corrected chi connectivity index (χ3v) is 9.78. The number of carbonyl (C=O) groups excluding carboxylic acids is 3. The third kappa shape index (κ3) is 9.29. The molecule has 2 aromatic carbocycles. The molecule has 0 aliphatic carbocycles. The van der Waals surface area contributed by atoms with Crippen molar-refractivity contribution in [3.05, 3.63) is 94.8 Å². The minimum absolute atomic E-state index is 0.0513. The van der Waals surface area contributed by atoms with Crippen LogP contribution < -0.4 is 4.90 Å². The Morgan fingerprint density at radius 2 is 1.38 bits per heavy atom. The number of benzene rings is 2. The zero-order chi connectivity index (χ0) is 33.2. The number of piperidine rings is 2. The number of aryl methyl sites for hydroxylation is 1. The molecule has 6 rings (SSSR count). The molecular weight excluding hydrogens is 612 g/mol. The molecule has 9 nitrogen and oxygen atoms in total. The van der Waals surface area contributed by atoms with E-state index in [1.54, 1.807) is 17.0 Å². The molecule has 0 bridgehead atoms. The second-order valence-corrected chi connectivity index (χ2v) is 13.1. The van der Waals surface area contributed by atoms with Crippen molar-refractivity contribution < 1.29 is 22.8 Å². The van der Waals surface area contributed by atoms with E-state index in [-0.39, 0.29) is 23.4 Å². The van der Waals surface area contributed by atoms with E-state index >= 15 is 0 Å². The topological polar surface area (TPSA) is 108 Å². The number of anilines is 1. The van der Waals surface area contributed by atoms with Crippen molar-refractivity contribution in [2.45, 2.75) is 58.4 Å². The van der Waals surface area contributed by atoms with E-state index in [4.69, 9.17) is 8.42 Å². The van der Waals surface area contributed by atoms with E-state index in [2.05, 4.69) is 39.0 Å². The smallest absolute Gasteiger partial charge is 0.335 e. The summed E-state index contributed by atoms with van der Waals surface area (Å²) in [7, 11) is 0. The highest BCUT2D eigenvalue weighted by Crippen LogP contribution is 2.26. The standard InChI is InChI=1S/C37H44N4O3.O2S/c1-27-4-8-30(9-5-27)36(43)31-16-22-41(23-17-31)37(44)32-10-13-34(38-25-32)35(42)24-28-14-20-39(21-15-28)26-29-6-11-33(12-7-29)40-18-2-3-19-40;1-3-2/h4-13,25,28,31H,2-3,14-24,26H2,1H3;. The highest BCUT2D eigenvalue weighted by atomic mass is 32.1. The quantitative estimate of drug-likeness (QED) is 0.277. The van der Waals surface area contributed by atoms with Crippen LogP contribution in [0.2, 0.25) is 0 Å². The highest BCUT2D eigenvalue weighted by molar-refractivity contribution is 7.51. The van der Waals surface area contributed by atoms with Gasteiger partial charge in [0.15, 0.2) is 11.6 Å². The first-order chi connectivity index (χ1) is 22.8. The van der Waals surface area contributed by atoms with Crippen LogP contribution in [-0.4, -0.2) is 79.9 Å². The Labute approximate surface area is 281 Å². The molecule has 3 saturated heterocycles. The van der Waals surface area contributed by atoms with Crippen LogP contribution in [0.5, 0.6) is 0 Å². The van der Waals surface area contributed by atoms with Gasteiger partial charge in [-0.1, -0.05) is 42.0 Å². The molecule has 3 aromatic rings. The van der Waals surface area contributed by atoms with Crippen molar-refractivity contribution in [3.8, 4) is 0 Å². The molecule has 0 unspecified atom stereocenters. The van der Waals surface area contributed by atoms with Gasteiger partial charge in [-0.15, -0.1) is 0 Å². The Morgan fingerprint density at radius 1 is 0.766 bits per heavy atom. The summed E-state index contributed by atoms with van der Waals surface area (Å²) in [6.45, 7) is 8.40. The number of Topliss-reactive ketones (excluding diaryl/α,β-unsaturated/α-hetero) is 2. The maximum atomic E-state index is 13.1. The summed E-state index contributed by atoms with van der Waals surface area (Å²) >= 11 is -0.750. The molecule has 0 radical (unpaired) electrons. The highest BCUT2D eigenvalue weighted by Gasteiger charge is 2.29. The molecular formula is C37H44N4O5S. The van der Waals surface area contributed by atoms with Crippen LogP contribution in [0.4, 0.5) is 5.69 Å². The van der Waals surface area contributed by atoms with Crippen molar-refractivity contribution in [1.29, 1.82) is 0 Å². The second kappa shape index (κ2) is 16.7. The lowest BCUT2D eigenvalue weighted by Crippen LogP contribution is -2.40. The number of hydrogen-bond acceptors (Lipinski definition) is 8. The Kier molecular flexibility index (Phi) is 12.2. The number of pyridine rings is 1. The number of likely N-dealkylation sites (tertiary alicyclic amines) is 2. The van der Waals surface area contributed by atoms with Crippen LogP contribution in [0, 0.1) is 18.8 Å². The number of aromatic nitrogens is 1. The average molecular weight is 657 g/mol. The first kappa shape index (κ1) is 34.3. The molecule has 0 saturated carbocycles. The van der Waals surface area contributed by atoms with Gasteiger partial charge >= 0.3 is 11.6 Å². The number of amides is 1. The summed E-state index contributed by atoms with van der Waals surface area (Å²) in [4.78, 5) is 50.2. The number of rotatable bonds is 9. The van der Waals surface area contributed by atoms with Crippen molar-refractivity contribution in [1.82, 2.24) is 14.8 Å². The van der Waals surface area contributed by atoms with Gasteiger partial charge in [-0.25, -0.2) is 0 Å². The van der Waals surface area contributed by atoms with Crippen molar-refractivity contribution in [2.75, 3.05) is 44.2 Å². The molecule has 0 N–H and O–H groups in total. The van der Waals surface area contributed by atoms with Gasteiger partial charge in [-0.3, -0.25) is 24.3 Å². The summed E-state index contributed by atoms with van der Waals surface area (Å²) in [6.07, 6.45) is 7.96. The molecule has 47 heavy (non-hydrogen) atoms. The van der Waals surface area contributed by atoms with Gasteiger partial charge in [-0.05, 0) is 94.3 Å². The Hall–Kier alpha value is -4.02. The number of nitrogens with zero attached hydrogens (tertiary/aromatic N) is 4. The van der Waals surface area contributed by atoms with Crippen LogP contribution in [0.15, 0.2) is 66.9 Å². The van der Waals surface area contributed by atoms with Gasteiger partial charge in [0.1, 0.15) is 5.69 Å². The lowest BCUT2D eigenvalue weighted by atomic mass is 9.88. The molecule has 248 valence electrons. The van der Waals surface area contributed by atoms with E-state index < -0.39 is 11.6 Å². The molecule has 3 fully saturated rings. The first-order valence-electron chi connectivity index (χ1n) is 16.7. The van der Waals surface area contributed by atoms with E-state index in [0.29, 0.717) is 49.5 Å². The lowest BCUT2D eigenvalue weighted by molar-refractivity contribution is 0.0649. The first-order valence-corrected chi connectivity index (χ1v) is 17.4. The van der Waals surface area contributed by atoms with Gasteiger partial charge < -0.3 is 9.80 Å². The predicted molar refractivity (Wildman–Crippen MR) is 182 cm³/mol. The van der Waals surface area contributed by atoms with Crippen LogP contribution in [0.3, 0.4) is 0 Å². The van der Waals surface area contributed by atoms with E-state index in [1.165, 1.54) is 43.4 Å². The summed E-state index contributed by atoms with van der Waals surface area (Å²) < 4.78 is 16.6. The number of ketones is 2. The molecule has 0 spiro atoms. The number of hydrogen-bond donors (Lipinski definition) is 0. The molecule has 0 atom stereocenters. The summed E-state index contributed by atoms with van der Waals surface area (Å²) in [5.41, 5.74) is 5.49. The minimum atomic E-state index is -0.750. The largest absolute Gasteiger partial charge is 0.372 e. The zero-order valence-corrected chi connectivity index (χ0v) is 28.0. The van der Waals surface area contributed by atoms with E-state index in [9.17, 15) is 14.4 Å². The average Bonchev–Trinajstić information content (AvgIpc) is 3.65. The van der Waals surface area contributed by atoms with E-state index in [0.717, 1.165) is 43.6 Å². The van der Waals surface area contributed by atoms with Gasteiger partial charge in [0.2, 0.25) is 0 Å². The van der Waals surface area contributed by atoms with E-state index in [1.807, 2.05) is 31.2 Å². The summed E-state index contributed by atoms with van der Waals surface area (Å²) in [5, 5.41) is 0. The fourth-order valence-corrected chi connectivity index (χ4v) is 6.93. The Balaban J connectivity index is 0.00000139. The van der Waals surface area contributed by atoms with Crippen LogP contribution >= 0.6 is 0 Å². The van der Waals surface area contributed by atoms with Crippen LogP contribution in [0.1, 0.15) is 87.3 Å². The van der Waals surface area contributed by atoms with Crippen LogP contribution in [-0.2, 0) is 18.1 Å². The van der Waals surface area contributed by atoms with Crippen molar-refractivity contribution in [3.63, 3.8) is 0 Å². The Morgan fingerprint density at radius 3 is 1.98 bits per heavy atom. The third-order valence-electron chi connectivity index (χ3n) is 9.78. The molecule has 3 aliphatic rings. The predicted octanol–water partition coefficient (Wildman–Crippen LogP) is 5.54. The number of carbonyl (C=O) groups is 3. The SMILES string of the molecule is Cc1ccc(C(=O)C2CCN(C(=O)c3ccc(C(=O)CC4CCN(Cc5ccc(N6CCCC6)cc5)CC4)nc3)CC2)cc1.O=S=O. The maximum absolute atomic E-state index is 13.1. The van der Waals surface area contributed by atoms with Crippen molar-refractivity contribution in [2.24, 2.45) is 11.8 Å². The summed E-state index contributed by atoms with van der Waals surface area (Å²) in [5.74, 6) is 0.433. The van der Waals surface area contributed by atoms with Crippen molar-refractivity contribution >= 4 is 34.7 Å². The fourth-order valence-electron chi connectivity index (χ4n) is 6.93. The van der Waals surface area contributed by atoms with Gasteiger partial charge in [0, 0.05) is 62.5 Å². The zero-order valence-electron chi connectivity index (χ0n) is 27.1. The molecule has 1 amide bonds. The lowest BCUT2D eigenvalue weighted by Gasteiger charge is -2.32. The monoisotopic (exact) mass is 656 g/mol. The fraction of sp³-hybridized carbons (Fsp3) is 0.459.